The average Bonchev–Trinajstić information content (AvgIpc) is 3.44. The topological polar surface area (TPSA) is 140 Å². The molecule has 1 aliphatic rings. The largest absolute Gasteiger partial charge is 0.467 e. The van der Waals surface area contributed by atoms with Gasteiger partial charge in [-0.15, -0.1) is 10.2 Å². The zero-order chi connectivity index (χ0) is 26.0. The molecule has 36 heavy (non-hydrogen) atoms. The molecule has 2 amide bonds. The van der Waals surface area contributed by atoms with Crippen LogP contribution in [0, 0.1) is 0 Å². The SMILES string of the molecule is COC(=O)C1Cc2c([nH]c3ccccc23)CN1C(=O)CSc1nnc(C(C)NC(=O)OC(C)(C)C)o1. The number of rotatable bonds is 6. The van der Waals surface area contributed by atoms with Crippen molar-refractivity contribution in [2.24, 2.45) is 0 Å². The molecule has 1 aromatic carbocycles. The van der Waals surface area contributed by atoms with Gasteiger partial charge in [0.1, 0.15) is 17.7 Å². The van der Waals surface area contributed by atoms with Gasteiger partial charge >= 0.3 is 12.1 Å². The molecule has 12 heteroatoms. The van der Waals surface area contributed by atoms with Gasteiger partial charge in [-0.25, -0.2) is 9.59 Å². The van der Waals surface area contributed by atoms with Crippen LogP contribution < -0.4 is 5.32 Å². The summed E-state index contributed by atoms with van der Waals surface area (Å²) in [6, 6.07) is 6.53. The quantitative estimate of drug-likeness (QED) is 0.373. The van der Waals surface area contributed by atoms with Gasteiger partial charge in [0.15, 0.2) is 0 Å². The first-order valence-corrected chi connectivity index (χ1v) is 12.5. The molecule has 0 spiro atoms. The molecule has 0 saturated carbocycles. The molecule has 11 nitrogen and oxygen atoms in total. The third kappa shape index (κ3) is 5.64. The number of carbonyl (C=O) groups is 3. The fraction of sp³-hybridized carbons (Fsp3) is 0.458. The molecule has 3 heterocycles. The Morgan fingerprint density at radius 3 is 2.75 bits per heavy atom. The van der Waals surface area contributed by atoms with Gasteiger partial charge in [0, 0.05) is 23.0 Å². The van der Waals surface area contributed by atoms with Gasteiger partial charge in [0.05, 0.1) is 19.4 Å². The van der Waals surface area contributed by atoms with Gasteiger partial charge in [-0.1, -0.05) is 30.0 Å². The number of alkyl carbamates (subject to hydrolysis) is 1. The van der Waals surface area contributed by atoms with Gasteiger partial charge in [-0.3, -0.25) is 4.79 Å². The Morgan fingerprint density at radius 1 is 1.28 bits per heavy atom. The normalized spacial score (nSPS) is 16.4. The van der Waals surface area contributed by atoms with Crippen LogP contribution >= 0.6 is 11.8 Å². The minimum Gasteiger partial charge on any atom is -0.467 e. The summed E-state index contributed by atoms with van der Waals surface area (Å²) < 4.78 is 15.8. The number of esters is 1. The predicted molar refractivity (Wildman–Crippen MR) is 131 cm³/mol. The van der Waals surface area contributed by atoms with E-state index in [4.69, 9.17) is 13.9 Å². The monoisotopic (exact) mass is 515 g/mol. The van der Waals surface area contributed by atoms with Crippen LogP contribution in [0.3, 0.4) is 0 Å². The molecule has 192 valence electrons. The van der Waals surface area contributed by atoms with Crippen LogP contribution in [-0.4, -0.2) is 62.6 Å². The molecule has 0 radical (unpaired) electrons. The third-order valence-corrected chi connectivity index (χ3v) is 6.45. The van der Waals surface area contributed by atoms with Crippen molar-refractivity contribution in [2.45, 2.75) is 63.6 Å². The highest BCUT2D eigenvalue weighted by atomic mass is 32.2. The Kier molecular flexibility index (Phi) is 7.25. The smallest absolute Gasteiger partial charge is 0.408 e. The highest BCUT2D eigenvalue weighted by Crippen LogP contribution is 2.31. The van der Waals surface area contributed by atoms with E-state index in [0.29, 0.717) is 6.42 Å². The number of methoxy groups -OCH3 is 1. The molecule has 1 aliphatic heterocycles. The van der Waals surface area contributed by atoms with Gasteiger partial charge in [0.25, 0.3) is 5.22 Å². The molecule has 4 rings (SSSR count). The molecule has 2 unspecified atom stereocenters. The van der Waals surface area contributed by atoms with Gasteiger partial charge in [-0.05, 0) is 39.3 Å². The molecule has 3 aromatic rings. The number of carbonyl (C=O) groups excluding carboxylic acids is 3. The van der Waals surface area contributed by atoms with E-state index in [0.717, 1.165) is 33.9 Å². The first-order valence-electron chi connectivity index (χ1n) is 11.5. The molecule has 2 atom stereocenters. The van der Waals surface area contributed by atoms with E-state index in [1.807, 2.05) is 24.3 Å². The maximum atomic E-state index is 13.2. The minimum absolute atomic E-state index is 0.0153. The first-order chi connectivity index (χ1) is 17.1. The van der Waals surface area contributed by atoms with E-state index in [1.54, 1.807) is 27.7 Å². The van der Waals surface area contributed by atoms with E-state index < -0.39 is 29.7 Å². The van der Waals surface area contributed by atoms with Crippen molar-refractivity contribution in [1.82, 2.24) is 25.4 Å². The number of benzene rings is 1. The predicted octanol–water partition coefficient (Wildman–Crippen LogP) is 3.36. The van der Waals surface area contributed by atoms with Crippen molar-refractivity contribution < 1.29 is 28.3 Å². The number of H-pyrrole nitrogens is 1. The number of amides is 2. The van der Waals surface area contributed by atoms with Gasteiger partial charge in [0.2, 0.25) is 11.8 Å². The Labute approximate surface area is 212 Å². The van der Waals surface area contributed by atoms with Crippen LogP contribution in [0.1, 0.15) is 50.9 Å². The molecule has 0 bridgehead atoms. The highest BCUT2D eigenvalue weighted by Gasteiger charge is 2.37. The Bertz CT molecular complexity index is 1280. The van der Waals surface area contributed by atoms with Crippen molar-refractivity contribution in [3.63, 3.8) is 0 Å². The molecular weight excluding hydrogens is 486 g/mol. The lowest BCUT2D eigenvalue weighted by Gasteiger charge is -2.33. The summed E-state index contributed by atoms with van der Waals surface area (Å²) in [5, 5.41) is 11.8. The number of hydrogen-bond acceptors (Lipinski definition) is 9. The standard InChI is InChI=1S/C24H29N5O6S/c1-13(25-22(32)35-24(2,3)4)20-27-28-23(34-20)36-12-19(30)29-11-17-15(10-18(29)21(31)33-5)14-8-6-7-9-16(14)26-17/h6-9,13,18,26H,10-12H2,1-5H3,(H,25,32). The van der Waals surface area contributed by atoms with E-state index in [-0.39, 0.29) is 29.3 Å². The van der Waals surface area contributed by atoms with E-state index >= 15 is 0 Å². The summed E-state index contributed by atoms with van der Waals surface area (Å²) in [6.07, 6.45) is -0.242. The average molecular weight is 516 g/mol. The van der Waals surface area contributed by atoms with Crippen LogP contribution in [0.25, 0.3) is 10.9 Å². The lowest BCUT2D eigenvalue weighted by Crippen LogP contribution is -2.49. The summed E-state index contributed by atoms with van der Waals surface area (Å²) in [6.45, 7) is 7.24. The lowest BCUT2D eigenvalue weighted by molar-refractivity contribution is -0.153. The fourth-order valence-electron chi connectivity index (χ4n) is 4.02. The van der Waals surface area contributed by atoms with Crippen molar-refractivity contribution in [2.75, 3.05) is 12.9 Å². The lowest BCUT2D eigenvalue weighted by atomic mass is 9.96. The van der Waals surface area contributed by atoms with E-state index in [2.05, 4.69) is 20.5 Å². The second kappa shape index (κ2) is 10.2. The number of para-hydroxylation sites is 1. The molecule has 0 fully saturated rings. The molecule has 0 aliphatic carbocycles. The van der Waals surface area contributed by atoms with Crippen LogP contribution in [0.5, 0.6) is 0 Å². The fourth-order valence-corrected chi connectivity index (χ4v) is 4.68. The van der Waals surface area contributed by atoms with E-state index in [9.17, 15) is 14.4 Å². The number of aromatic amines is 1. The number of hydrogen-bond donors (Lipinski definition) is 2. The number of nitrogens with one attached hydrogen (secondary N) is 2. The summed E-state index contributed by atoms with van der Waals surface area (Å²) in [7, 11) is 1.32. The maximum absolute atomic E-state index is 13.2. The van der Waals surface area contributed by atoms with Crippen LogP contribution in [0.15, 0.2) is 33.9 Å². The zero-order valence-electron chi connectivity index (χ0n) is 20.8. The first kappa shape index (κ1) is 25.5. The third-order valence-electron chi connectivity index (χ3n) is 5.64. The van der Waals surface area contributed by atoms with Crippen molar-refractivity contribution in [3.8, 4) is 0 Å². The summed E-state index contributed by atoms with van der Waals surface area (Å²) in [4.78, 5) is 42.6. The number of fused-ring (bicyclic) bond motifs is 3. The van der Waals surface area contributed by atoms with Crippen LogP contribution in [0.4, 0.5) is 4.79 Å². The molecule has 2 N–H and O–H groups in total. The van der Waals surface area contributed by atoms with E-state index in [1.165, 1.54) is 12.0 Å². The van der Waals surface area contributed by atoms with Crippen LogP contribution in [-0.2, 0) is 32.0 Å². The Morgan fingerprint density at radius 2 is 2.03 bits per heavy atom. The summed E-state index contributed by atoms with van der Waals surface area (Å²) >= 11 is 1.06. The zero-order valence-corrected chi connectivity index (χ0v) is 21.6. The van der Waals surface area contributed by atoms with Crippen molar-refractivity contribution in [3.05, 3.63) is 41.4 Å². The number of nitrogens with zero attached hydrogens (tertiary/aromatic N) is 3. The molecule has 2 aromatic heterocycles. The number of aromatic nitrogens is 3. The van der Waals surface area contributed by atoms with Crippen LogP contribution in [0.2, 0.25) is 0 Å². The second-order valence-corrected chi connectivity index (χ2v) is 10.4. The molecular formula is C24H29N5O6S. The number of thioether (sulfide) groups is 1. The molecule has 0 saturated heterocycles. The Hall–Kier alpha value is -3.54. The van der Waals surface area contributed by atoms with Gasteiger partial charge < -0.3 is 29.1 Å². The minimum atomic E-state index is -0.730. The maximum Gasteiger partial charge on any atom is 0.408 e. The summed E-state index contributed by atoms with van der Waals surface area (Å²) in [5.41, 5.74) is 2.24. The Balaban J connectivity index is 1.41. The summed E-state index contributed by atoms with van der Waals surface area (Å²) in [5.74, 6) is -0.562. The number of ether oxygens (including phenoxy) is 2. The van der Waals surface area contributed by atoms with Crippen molar-refractivity contribution >= 4 is 40.6 Å². The second-order valence-electron chi connectivity index (χ2n) is 9.46. The highest BCUT2D eigenvalue weighted by molar-refractivity contribution is 7.99. The van der Waals surface area contributed by atoms with Crippen molar-refractivity contribution in [1.29, 1.82) is 0 Å². The van der Waals surface area contributed by atoms with Gasteiger partial charge in [-0.2, -0.15) is 0 Å².